The van der Waals surface area contributed by atoms with Gasteiger partial charge in [0, 0.05) is 17.0 Å². The normalized spacial score (nSPS) is 28.4. The minimum absolute atomic E-state index is 0. The van der Waals surface area contributed by atoms with E-state index in [4.69, 9.17) is 17.3 Å². The van der Waals surface area contributed by atoms with Crippen molar-refractivity contribution in [3.05, 3.63) is 28.2 Å². The van der Waals surface area contributed by atoms with Crippen LogP contribution in [0.1, 0.15) is 37.1 Å². The number of nitrogens with zero attached hydrogens (tertiary/aromatic N) is 1. The summed E-state index contributed by atoms with van der Waals surface area (Å²) < 4.78 is 1.10. The fourth-order valence-electron chi connectivity index (χ4n) is 4.33. The molecule has 3 N–H and O–H groups in total. The highest BCUT2D eigenvalue weighted by Gasteiger charge is 2.40. The molecule has 0 aliphatic heterocycles. The molecule has 4 rings (SSSR count). The standard InChI is InChI=1S/C18H22ClN3OS.ClH/c19-13-4-5-15-14(8-13)22-16(24-15)9-21-18(23)12-6-10-2-1-3-11(7-12)17(10)20;/h4-5,8,10-12,17H,1-3,6-7,9,20H2,(H,21,23);1H. The van der Waals surface area contributed by atoms with E-state index >= 15 is 0 Å². The monoisotopic (exact) mass is 399 g/mol. The molecule has 1 amide bonds. The molecular formula is C18H23Cl2N3OS. The fraction of sp³-hybridized carbons (Fsp3) is 0.556. The average Bonchev–Trinajstić information content (AvgIpc) is 2.94. The number of carbonyl (C=O) groups excluding carboxylic acids is 1. The van der Waals surface area contributed by atoms with Gasteiger partial charge in [0.2, 0.25) is 5.91 Å². The molecule has 7 heteroatoms. The molecule has 1 aromatic heterocycles. The lowest BCUT2D eigenvalue weighted by molar-refractivity contribution is -0.128. The van der Waals surface area contributed by atoms with Gasteiger partial charge in [-0.15, -0.1) is 23.7 Å². The SMILES string of the molecule is Cl.NC1C2CCCC1CC(C(=O)NCc1nc3cc(Cl)ccc3s1)C2. The Morgan fingerprint density at radius 1 is 1.32 bits per heavy atom. The molecule has 2 saturated carbocycles. The van der Waals surface area contributed by atoms with Crippen LogP contribution in [0, 0.1) is 17.8 Å². The second kappa shape index (κ2) is 7.78. The lowest BCUT2D eigenvalue weighted by atomic mass is 9.65. The van der Waals surface area contributed by atoms with Crippen LogP contribution in [-0.2, 0) is 11.3 Å². The van der Waals surface area contributed by atoms with Crippen molar-refractivity contribution in [3.8, 4) is 0 Å². The number of hydrogen-bond donors (Lipinski definition) is 2. The van der Waals surface area contributed by atoms with Gasteiger partial charge >= 0.3 is 0 Å². The van der Waals surface area contributed by atoms with Gasteiger partial charge in [0.1, 0.15) is 5.01 Å². The number of benzene rings is 1. The number of halogens is 2. The number of nitrogens with two attached hydrogens (primary N) is 1. The fourth-order valence-corrected chi connectivity index (χ4v) is 5.39. The first-order chi connectivity index (χ1) is 11.6. The van der Waals surface area contributed by atoms with Gasteiger partial charge in [-0.2, -0.15) is 0 Å². The number of nitrogens with one attached hydrogen (secondary N) is 1. The largest absolute Gasteiger partial charge is 0.349 e. The van der Waals surface area contributed by atoms with Crippen LogP contribution >= 0.6 is 35.3 Å². The lowest BCUT2D eigenvalue weighted by Crippen LogP contribution is -2.49. The van der Waals surface area contributed by atoms with E-state index in [9.17, 15) is 4.79 Å². The molecular weight excluding hydrogens is 377 g/mol. The maximum atomic E-state index is 12.6. The van der Waals surface area contributed by atoms with E-state index in [0.717, 1.165) is 28.1 Å². The van der Waals surface area contributed by atoms with Crippen LogP contribution in [0.15, 0.2) is 18.2 Å². The van der Waals surface area contributed by atoms with E-state index in [-0.39, 0.29) is 24.2 Å². The highest BCUT2D eigenvalue weighted by atomic mass is 35.5. The Morgan fingerprint density at radius 2 is 2.04 bits per heavy atom. The van der Waals surface area contributed by atoms with Crippen molar-refractivity contribution in [1.82, 2.24) is 10.3 Å². The molecule has 136 valence electrons. The maximum absolute atomic E-state index is 12.6. The van der Waals surface area contributed by atoms with Gasteiger partial charge in [0.25, 0.3) is 0 Å². The summed E-state index contributed by atoms with van der Waals surface area (Å²) in [5, 5.41) is 4.70. The lowest BCUT2D eigenvalue weighted by Gasteiger charge is -2.43. The zero-order valence-electron chi connectivity index (χ0n) is 13.9. The number of aromatic nitrogens is 1. The highest BCUT2D eigenvalue weighted by molar-refractivity contribution is 7.18. The summed E-state index contributed by atoms with van der Waals surface area (Å²) in [5.74, 6) is 1.33. The van der Waals surface area contributed by atoms with Crippen molar-refractivity contribution in [2.75, 3.05) is 0 Å². The van der Waals surface area contributed by atoms with Crippen molar-refractivity contribution in [3.63, 3.8) is 0 Å². The Kier molecular flexibility index (Phi) is 5.88. The Morgan fingerprint density at radius 3 is 2.76 bits per heavy atom. The third-order valence-electron chi connectivity index (χ3n) is 5.59. The summed E-state index contributed by atoms with van der Waals surface area (Å²) in [7, 11) is 0. The summed E-state index contributed by atoms with van der Waals surface area (Å²) in [6.45, 7) is 0.494. The van der Waals surface area contributed by atoms with E-state index in [1.807, 2.05) is 18.2 Å². The summed E-state index contributed by atoms with van der Waals surface area (Å²) >= 11 is 7.61. The van der Waals surface area contributed by atoms with E-state index in [2.05, 4.69) is 10.3 Å². The summed E-state index contributed by atoms with van der Waals surface area (Å²) in [5.41, 5.74) is 7.21. The predicted molar refractivity (Wildman–Crippen MR) is 105 cm³/mol. The van der Waals surface area contributed by atoms with Crippen molar-refractivity contribution in [2.45, 2.75) is 44.7 Å². The van der Waals surface area contributed by atoms with Gasteiger partial charge < -0.3 is 11.1 Å². The third kappa shape index (κ3) is 3.95. The van der Waals surface area contributed by atoms with Gasteiger partial charge in [0.15, 0.2) is 0 Å². The molecule has 2 aliphatic rings. The number of fused-ring (bicyclic) bond motifs is 3. The Labute approximate surface area is 162 Å². The minimum atomic E-state index is 0. The number of amides is 1. The van der Waals surface area contributed by atoms with Gasteiger partial charge in [-0.25, -0.2) is 4.98 Å². The maximum Gasteiger partial charge on any atom is 0.223 e. The summed E-state index contributed by atoms with van der Waals surface area (Å²) in [4.78, 5) is 17.1. The molecule has 1 aromatic carbocycles. The van der Waals surface area contributed by atoms with Crippen LogP contribution in [0.2, 0.25) is 5.02 Å². The first kappa shape index (κ1) is 18.9. The van der Waals surface area contributed by atoms with E-state index in [0.29, 0.717) is 29.4 Å². The van der Waals surface area contributed by atoms with Crippen LogP contribution in [0.5, 0.6) is 0 Å². The van der Waals surface area contributed by atoms with Gasteiger partial charge in [-0.3, -0.25) is 4.79 Å². The van der Waals surface area contributed by atoms with E-state index in [1.54, 1.807) is 11.3 Å². The number of thiazole rings is 1. The van der Waals surface area contributed by atoms with Crippen LogP contribution in [0.3, 0.4) is 0 Å². The molecule has 0 radical (unpaired) electrons. The highest BCUT2D eigenvalue weighted by Crippen LogP contribution is 2.41. The summed E-state index contributed by atoms with van der Waals surface area (Å²) in [6, 6.07) is 6.01. The molecule has 2 atom stereocenters. The van der Waals surface area contributed by atoms with Gasteiger partial charge in [0.05, 0.1) is 16.8 Å². The van der Waals surface area contributed by atoms with Crippen molar-refractivity contribution in [1.29, 1.82) is 0 Å². The molecule has 25 heavy (non-hydrogen) atoms. The number of rotatable bonds is 3. The molecule has 2 aromatic rings. The summed E-state index contributed by atoms with van der Waals surface area (Å²) in [6.07, 6.45) is 5.52. The zero-order chi connectivity index (χ0) is 16.7. The number of carbonyl (C=O) groups is 1. The smallest absolute Gasteiger partial charge is 0.223 e. The van der Waals surface area contributed by atoms with Crippen LogP contribution < -0.4 is 11.1 Å². The molecule has 4 nitrogen and oxygen atoms in total. The minimum Gasteiger partial charge on any atom is -0.349 e. The van der Waals surface area contributed by atoms with E-state index < -0.39 is 0 Å². The zero-order valence-corrected chi connectivity index (χ0v) is 16.3. The molecule has 2 fully saturated rings. The topological polar surface area (TPSA) is 68.0 Å². The van der Waals surface area contributed by atoms with Gasteiger partial charge in [-0.05, 0) is 55.7 Å². The second-order valence-electron chi connectivity index (χ2n) is 7.13. The molecule has 2 unspecified atom stereocenters. The van der Waals surface area contributed by atoms with Crippen molar-refractivity contribution in [2.24, 2.45) is 23.5 Å². The number of hydrogen-bond acceptors (Lipinski definition) is 4. The quantitative estimate of drug-likeness (QED) is 0.814. The first-order valence-electron chi connectivity index (χ1n) is 8.68. The Hall–Kier alpha value is -0.880. The predicted octanol–water partition coefficient (Wildman–Crippen LogP) is 4.14. The Bertz CT molecular complexity index is 752. The van der Waals surface area contributed by atoms with Gasteiger partial charge in [-0.1, -0.05) is 18.0 Å². The van der Waals surface area contributed by atoms with Crippen LogP contribution in [-0.4, -0.2) is 16.9 Å². The van der Waals surface area contributed by atoms with Crippen molar-refractivity contribution < 1.29 is 4.79 Å². The van der Waals surface area contributed by atoms with E-state index in [1.165, 1.54) is 19.3 Å². The van der Waals surface area contributed by atoms with Crippen LogP contribution in [0.25, 0.3) is 10.2 Å². The molecule has 2 bridgehead atoms. The Balaban J connectivity index is 0.00000182. The van der Waals surface area contributed by atoms with Crippen LogP contribution in [0.4, 0.5) is 0 Å². The van der Waals surface area contributed by atoms with Crippen molar-refractivity contribution >= 4 is 51.5 Å². The second-order valence-corrected chi connectivity index (χ2v) is 8.69. The molecule has 0 saturated heterocycles. The molecule has 2 aliphatic carbocycles. The molecule has 1 heterocycles. The third-order valence-corrected chi connectivity index (χ3v) is 6.86. The average molecular weight is 400 g/mol. The first-order valence-corrected chi connectivity index (χ1v) is 9.88. The molecule has 0 spiro atoms.